The van der Waals surface area contributed by atoms with Crippen LogP contribution in [0.5, 0.6) is 11.5 Å². The molecule has 1 aromatic carbocycles. The first kappa shape index (κ1) is 21.3. The number of rotatable bonds is 5. The lowest BCUT2D eigenvalue weighted by Gasteiger charge is -2.17. The molecule has 30 heavy (non-hydrogen) atoms. The Labute approximate surface area is 174 Å². The second-order valence-electron chi connectivity index (χ2n) is 7.70. The van der Waals surface area contributed by atoms with Crippen LogP contribution in [-0.2, 0) is 9.53 Å². The number of methoxy groups -OCH3 is 1. The number of hydrogen-bond acceptors (Lipinski definition) is 8. The minimum atomic E-state index is -0.804. The number of nitrogens with zero attached hydrogens (tertiary/aromatic N) is 2. The van der Waals surface area contributed by atoms with Crippen molar-refractivity contribution in [2.45, 2.75) is 34.6 Å². The highest BCUT2D eigenvalue weighted by Crippen LogP contribution is 2.38. The van der Waals surface area contributed by atoms with Gasteiger partial charge in [0.15, 0.2) is 5.69 Å². The van der Waals surface area contributed by atoms with Crippen LogP contribution in [-0.4, -0.2) is 35.8 Å². The maximum atomic E-state index is 12.6. The zero-order chi connectivity index (χ0) is 22.1. The lowest BCUT2D eigenvalue weighted by molar-refractivity contribution is -0.143. The molecular weight excluding hydrogens is 388 g/mol. The largest absolute Gasteiger partial charge is 0.497 e. The van der Waals surface area contributed by atoms with Gasteiger partial charge >= 0.3 is 11.9 Å². The molecule has 0 aliphatic rings. The van der Waals surface area contributed by atoms with E-state index in [9.17, 15) is 9.59 Å². The van der Waals surface area contributed by atoms with E-state index in [1.165, 1.54) is 0 Å². The number of ether oxygens (including phenoxy) is 3. The Kier molecular flexibility index (Phi) is 5.78. The summed E-state index contributed by atoms with van der Waals surface area (Å²) in [5.41, 5.74) is 1.00. The third kappa shape index (κ3) is 3.98. The fourth-order valence-corrected chi connectivity index (χ4v) is 2.79. The van der Waals surface area contributed by atoms with Crippen LogP contribution in [0.3, 0.4) is 0 Å². The molecule has 8 heteroatoms. The highest BCUT2D eigenvalue weighted by atomic mass is 16.6. The molecule has 0 aliphatic heterocycles. The number of aromatic nitrogens is 2. The second-order valence-corrected chi connectivity index (χ2v) is 7.70. The van der Waals surface area contributed by atoms with Crippen LogP contribution >= 0.6 is 0 Å². The molecule has 0 radical (unpaired) electrons. The summed E-state index contributed by atoms with van der Waals surface area (Å²) < 4.78 is 21.4. The topological polar surface area (TPSA) is 101 Å². The van der Waals surface area contributed by atoms with Crippen molar-refractivity contribution in [1.29, 1.82) is 0 Å². The Balaban J connectivity index is 2.22. The summed E-state index contributed by atoms with van der Waals surface area (Å²) in [5, 5.41) is 4.71. The van der Waals surface area contributed by atoms with Crippen molar-refractivity contribution in [3.63, 3.8) is 0 Å². The van der Waals surface area contributed by atoms with Crippen LogP contribution in [0.1, 0.15) is 43.9 Å². The van der Waals surface area contributed by atoms with Crippen LogP contribution in [0.4, 0.5) is 0 Å². The molecule has 0 saturated heterocycles. The fraction of sp³-hybridized carbons (Fsp3) is 0.364. The molecule has 3 rings (SSSR count). The van der Waals surface area contributed by atoms with E-state index in [-0.39, 0.29) is 23.6 Å². The van der Waals surface area contributed by atoms with E-state index in [2.05, 4.69) is 10.1 Å². The van der Waals surface area contributed by atoms with Crippen molar-refractivity contribution < 1.29 is 28.3 Å². The highest BCUT2D eigenvalue weighted by molar-refractivity contribution is 6.03. The monoisotopic (exact) mass is 412 g/mol. The molecule has 0 aliphatic carbocycles. The summed E-state index contributed by atoms with van der Waals surface area (Å²) in [4.78, 5) is 29.4. The molecule has 0 bridgehead atoms. The van der Waals surface area contributed by atoms with Gasteiger partial charge in [0.2, 0.25) is 11.3 Å². The van der Waals surface area contributed by atoms with E-state index < -0.39 is 17.4 Å². The average molecular weight is 412 g/mol. The Bertz CT molecular complexity index is 1090. The predicted octanol–water partition coefficient (Wildman–Crippen LogP) is 4.34. The van der Waals surface area contributed by atoms with Gasteiger partial charge < -0.3 is 18.7 Å². The molecule has 8 nitrogen and oxygen atoms in total. The molecule has 0 N–H and O–H groups in total. The quantitative estimate of drug-likeness (QED) is 0.571. The first-order valence-electron chi connectivity index (χ1n) is 9.51. The number of fused-ring (bicyclic) bond motifs is 1. The van der Waals surface area contributed by atoms with E-state index in [0.29, 0.717) is 22.5 Å². The van der Waals surface area contributed by atoms with Crippen LogP contribution in [0.2, 0.25) is 0 Å². The molecule has 0 amide bonds. The van der Waals surface area contributed by atoms with E-state index in [0.717, 1.165) is 5.56 Å². The van der Waals surface area contributed by atoms with Gasteiger partial charge in [0.1, 0.15) is 11.4 Å². The van der Waals surface area contributed by atoms with Crippen molar-refractivity contribution in [3.05, 3.63) is 35.7 Å². The Hall–Kier alpha value is -3.42. The summed E-state index contributed by atoms with van der Waals surface area (Å²) >= 11 is 0. The average Bonchev–Trinajstić information content (AvgIpc) is 3.15. The molecule has 0 spiro atoms. The van der Waals surface area contributed by atoms with Crippen LogP contribution in [0, 0.1) is 12.3 Å². The molecule has 2 heterocycles. The summed E-state index contributed by atoms with van der Waals surface area (Å²) in [6, 6.07) is 7.25. The van der Waals surface area contributed by atoms with E-state index in [1.54, 1.807) is 53.9 Å². The zero-order valence-electron chi connectivity index (χ0n) is 17.9. The number of hydrogen-bond donors (Lipinski definition) is 0. The molecule has 0 atom stereocenters. The number of carbonyl (C=O) groups is 2. The summed E-state index contributed by atoms with van der Waals surface area (Å²) in [5.74, 6) is -0.643. The van der Waals surface area contributed by atoms with Gasteiger partial charge in [-0.3, -0.25) is 4.79 Å². The molecule has 2 aromatic heterocycles. The third-order valence-corrected chi connectivity index (χ3v) is 4.39. The lowest BCUT2D eigenvalue weighted by Crippen LogP contribution is -2.27. The maximum Gasteiger partial charge on any atom is 0.361 e. The first-order valence-corrected chi connectivity index (χ1v) is 9.51. The summed E-state index contributed by atoms with van der Waals surface area (Å²) in [6.07, 6.45) is 0. The second kappa shape index (κ2) is 8.14. The molecule has 0 fully saturated rings. The van der Waals surface area contributed by atoms with Crippen molar-refractivity contribution in [1.82, 2.24) is 10.1 Å². The number of pyridine rings is 1. The van der Waals surface area contributed by atoms with Crippen molar-refractivity contribution in [2.24, 2.45) is 5.41 Å². The van der Waals surface area contributed by atoms with Gasteiger partial charge in [-0.1, -0.05) is 5.16 Å². The van der Waals surface area contributed by atoms with E-state index >= 15 is 0 Å². The Morgan fingerprint density at radius 3 is 2.37 bits per heavy atom. The zero-order valence-corrected chi connectivity index (χ0v) is 17.9. The lowest BCUT2D eigenvalue weighted by atomic mass is 9.97. The standard InChI is InChI=1S/C22H24N2O6/c1-7-28-20(25)17-19(29-21(26)22(3,4)5)18-15(12(2)23-17)16(24-30-18)13-8-10-14(27-6)11-9-13/h8-11H,7H2,1-6H3. The molecule has 0 saturated carbocycles. The van der Waals surface area contributed by atoms with Gasteiger partial charge in [-0.25, -0.2) is 9.78 Å². The van der Waals surface area contributed by atoms with Gasteiger partial charge in [-0.15, -0.1) is 0 Å². The molecule has 3 aromatic rings. The third-order valence-electron chi connectivity index (χ3n) is 4.39. The summed E-state index contributed by atoms with van der Waals surface area (Å²) in [6.45, 7) is 8.69. The molecular formula is C22H24N2O6. The SMILES string of the molecule is CCOC(=O)c1nc(C)c2c(-c3ccc(OC)cc3)noc2c1OC(=O)C(C)(C)C. The number of esters is 2. The van der Waals surface area contributed by atoms with E-state index in [4.69, 9.17) is 18.7 Å². The Morgan fingerprint density at radius 1 is 1.13 bits per heavy atom. The maximum absolute atomic E-state index is 12.6. The van der Waals surface area contributed by atoms with Gasteiger partial charge in [-0.2, -0.15) is 0 Å². The number of aryl methyl sites for hydroxylation is 1. The van der Waals surface area contributed by atoms with Gasteiger partial charge in [0, 0.05) is 5.56 Å². The van der Waals surface area contributed by atoms with Crippen molar-refractivity contribution in [3.8, 4) is 22.8 Å². The smallest absolute Gasteiger partial charge is 0.361 e. The van der Waals surface area contributed by atoms with Crippen molar-refractivity contribution in [2.75, 3.05) is 13.7 Å². The number of benzene rings is 1. The summed E-state index contributed by atoms with van der Waals surface area (Å²) in [7, 11) is 1.58. The van der Waals surface area contributed by atoms with E-state index in [1.807, 2.05) is 12.1 Å². The molecule has 0 unspecified atom stereocenters. The van der Waals surface area contributed by atoms with Crippen LogP contribution in [0.15, 0.2) is 28.8 Å². The minimum Gasteiger partial charge on any atom is -0.497 e. The highest BCUT2D eigenvalue weighted by Gasteiger charge is 2.31. The predicted molar refractivity (Wildman–Crippen MR) is 110 cm³/mol. The number of carbonyl (C=O) groups excluding carboxylic acids is 2. The fourth-order valence-electron chi connectivity index (χ4n) is 2.79. The van der Waals surface area contributed by atoms with Crippen LogP contribution in [0.25, 0.3) is 22.2 Å². The van der Waals surface area contributed by atoms with Gasteiger partial charge in [0.25, 0.3) is 0 Å². The van der Waals surface area contributed by atoms with Crippen LogP contribution < -0.4 is 9.47 Å². The molecule has 158 valence electrons. The van der Waals surface area contributed by atoms with Gasteiger partial charge in [-0.05, 0) is 58.9 Å². The van der Waals surface area contributed by atoms with Crippen molar-refractivity contribution >= 4 is 22.9 Å². The first-order chi connectivity index (χ1) is 14.2. The normalized spacial score (nSPS) is 11.4. The Morgan fingerprint density at radius 2 is 1.80 bits per heavy atom. The minimum absolute atomic E-state index is 0.0961. The van der Waals surface area contributed by atoms with Gasteiger partial charge in [0.05, 0.1) is 30.2 Å².